The first-order chi connectivity index (χ1) is 5.66. The molecule has 0 aliphatic heterocycles. The smallest absolute Gasteiger partial charge is 0.0814 e. The van der Waals surface area contributed by atoms with Crippen LogP contribution in [0.1, 0.15) is 5.56 Å². The lowest BCUT2D eigenvalue weighted by molar-refractivity contribution is 0.436. The van der Waals surface area contributed by atoms with Crippen LogP contribution in [0.3, 0.4) is 0 Å². The molecule has 5 heteroatoms. The molecule has 0 fully saturated rings. The molecular formula is C7H8IO3S-. The monoisotopic (exact) mass is 299 g/mol. The molecule has 0 aromatic heterocycles. The van der Waals surface area contributed by atoms with E-state index in [0.29, 0.717) is 0 Å². The normalized spacial score (nSPS) is 11.2. The van der Waals surface area contributed by atoms with Gasteiger partial charge in [0.05, 0.1) is 11.4 Å². The van der Waals surface area contributed by atoms with E-state index in [1.165, 1.54) is 5.56 Å². The van der Waals surface area contributed by atoms with Crippen LogP contribution in [0.5, 0.6) is 0 Å². The Balaban J connectivity index is 0.000000261. The summed E-state index contributed by atoms with van der Waals surface area (Å²) in [5, 5.41) is 0. The van der Waals surface area contributed by atoms with Gasteiger partial charge in [-0.05, 0) is 5.56 Å². The van der Waals surface area contributed by atoms with Gasteiger partial charge in [-0.25, -0.2) is 4.21 Å². The Labute approximate surface area is 87.4 Å². The van der Waals surface area contributed by atoms with Gasteiger partial charge in [-0.15, -0.1) is 0 Å². The van der Waals surface area contributed by atoms with E-state index < -0.39 is 11.4 Å². The first-order valence-corrected chi connectivity index (χ1v) is 5.60. The number of benzene rings is 1. The van der Waals surface area contributed by atoms with E-state index in [4.69, 9.17) is 13.3 Å². The Morgan fingerprint density at radius 3 is 2.08 bits per heavy atom. The lowest BCUT2D eigenvalue weighted by Crippen LogP contribution is -1.75. The van der Waals surface area contributed by atoms with Crippen LogP contribution in [0.2, 0.25) is 0 Å². The highest BCUT2D eigenvalue weighted by Gasteiger charge is 1.81. The number of hydrogen-bond acceptors (Lipinski definition) is 2. The summed E-state index contributed by atoms with van der Waals surface area (Å²) in [6.45, 7) is 0. The zero-order chi connectivity index (χ0) is 9.40. The van der Waals surface area contributed by atoms with Crippen LogP contribution in [0.25, 0.3) is 0 Å². The van der Waals surface area contributed by atoms with E-state index in [1.807, 2.05) is 6.07 Å². The molecule has 0 heterocycles. The molecule has 68 valence electrons. The SMILES string of the molecule is ICc1ccccc1.O=S([O-])O. The molecule has 3 nitrogen and oxygen atoms in total. The third-order valence-corrected chi connectivity index (χ3v) is 1.88. The lowest BCUT2D eigenvalue weighted by Gasteiger charge is -1.88. The Hall–Kier alpha value is 0.0200. The molecule has 1 N–H and O–H groups in total. The van der Waals surface area contributed by atoms with Crippen molar-refractivity contribution in [1.82, 2.24) is 0 Å². The van der Waals surface area contributed by atoms with Gasteiger partial charge in [0.2, 0.25) is 0 Å². The predicted octanol–water partition coefficient (Wildman–Crippen LogP) is 1.96. The lowest BCUT2D eigenvalue weighted by atomic mass is 10.2. The zero-order valence-electron chi connectivity index (χ0n) is 6.14. The fourth-order valence-corrected chi connectivity index (χ4v) is 1.08. The van der Waals surface area contributed by atoms with Gasteiger partial charge in [0.1, 0.15) is 0 Å². The highest BCUT2D eigenvalue weighted by atomic mass is 127. The number of alkyl halides is 1. The Kier molecular flexibility index (Phi) is 7.67. The summed E-state index contributed by atoms with van der Waals surface area (Å²) in [4.78, 5) is 0. The molecule has 0 saturated carbocycles. The number of rotatable bonds is 1. The summed E-state index contributed by atoms with van der Waals surface area (Å²) in [6, 6.07) is 10.4. The summed E-state index contributed by atoms with van der Waals surface area (Å²) in [7, 11) is 0. The van der Waals surface area contributed by atoms with Gasteiger partial charge in [-0.3, -0.25) is 0 Å². The van der Waals surface area contributed by atoms with E-state index in [0.717, 1.165) is 4.43 Å². The summed E-state index contributed by atoms with van der Waals surface area (Å²) < 4.78 is 25.2. The third kappa shape index (κ3) is 8.12. The first kappa shape index (κ1) is 12.0. The van der Waals surface area contributed by atoms with Crippen LogP contribution in [0, 0.1) is 0 Å². The molecule has 1 atom stereocenters. The molecule has 1 unspecified atom stereocenters. The maximum absolute atomic E-state index is 8.56. The molecule has 0 saturated heterocycles. The minimum atomic E-state index is -2.86. The zero-order valence-corrected chi connectivity index (χ0v) is 9.12. The molecule has 0 amide bonds. The highest BCUT2D eigenvalue weighted by molar-refractivity contribution is 14.1. The standard InChI is InChI=1S/C7H7I.H2O3S/c8-6-7-4-2-1-3-5-7;1-4(2)3/h1-5H,6H2;(H2,1,2,3)/p-1. The second-order valence-electron chi connectivity index (χ2n) is 1.84. The van der Waals surface area contributed by atoms with Crippen LogP contribution in [0.4, 0.5) is 0 Å². The second-order valence-corrected chi connectivity index (χ2v) is 3.03. The number of hydrogen-bond donors (Lipinski definition) is 1. The minimum Gasteiger partial charge on any atom is -0.750 e. The summed E-state index contributed by atoms with van der Waals surface area (Å²) >= 11 is -0.508. The predicted molar refractivity (Wildman–Crippen MR) is 55.7 cm³/mol. The van der Waals surface area contributed by atoms with Crippen LogP contribution in [-0.2, 0) is 15.8 Å². The van der Waals surface area contributed by atoms with E-state index in [9.17, 15) is 0 Å². The van der Waals surface area contributed by atoms with Crippen molar-refractivity contribution in [2.45, 2.75) is 4.43 Å². The van der Waals surface area contributed by atoms with Crippen molar-refractivity contribution in [3.8, 4) is 0 Å². The van der Waals surface area contributed by atoms with Gasteiger partial charge in [-0.2, -0.15) is 0 Å². The first-order valence-electron chi connectivity index (χ1n) is 3.05. The minimum absolute atomic E-state index is 1.11. The third-order valence-electron chi connectivity index (χ3n) is 0.997. The molecule has 1 aromatic rings. The van der Waals surface area contributed by atoms with Gasteiger partial charge in [0.15, 0.2) is 0 Å². The molecule has 0 aliphatic carbocycles. The molecule has 0 spiro atoms. The topological polar surface area (TPSA) is 60.4 Å². The van der Waals surface area contributed by atoms with Crippen LogP contribution < -0.4 is 0 Å². The fourth-order valence-electron chi connectivity index (χ4n) is 0.567. The summed E-state index contributed by atoms with van der Waals surface area (Å²) in [6.07, 6.45) is 0. The van der Waals surface area contributed by atoms with Gasteiger partial charge in [-0.1, -0.05) is 52.9 Å². The van der Waals surface area contributed by atoms with Crippen molar-refractivity contribution < 1.29 is 13.3 Å². The van der Waals surface area contributed by atoms with Gasteiger partial charge < -0.3 is 9.11 Å². The highest BCUT2D eigenvalue weighted by Crippen LogP contribution is 2.02. The Bertz CT molecular complexity index is 223. The molecule has 1 aromatic carbocycles. The Morgan fingerprint density at radius 2 is 1.83 bits per heavy atom. The molecule has 0 radical (unpaired) electrons. The second kappa shape index (κ2) is 7.66. The molecule has 12 heavy (non-hydrogen) atoms. The van der Waals surface area contributed by atoms with Gasteiger partial charge in [0.25, 0.3) is 0 Å². The van der Waals surface area contributed by atoms with Crippen LogP contribution in [-0.4, -0.2) is 13.3 Å². The van der Waals surface area contributed by atoms with E-state index in [2.05, 4.69) is 46.9 Å². The largest absolute Gasteiger partial charge is 0.750 e. The van der Waals surface area contributed by atoms with E-state index >= 15 is 0 Å². The summed E-state index contributed by atoms with van der Waals surface area (Å²) in [5.41, 5.74) is 1.40. The van der Waals surface area contributed by atoms with Crippen molar-refractivity contribution in [3.05, 3.63) is 35.9 Å². The molecule has 1 rings (SSSR count). The van der Waals surface area contributed by atoms with Gasteiger partial charge in [0, 0.05) is 4.43 Å². The Morgan fingerprint density at radius 1 is 1.42 bits per heavy atom. The van der Waals surface area contributed by atoms with E-state index in [1.54, 1.807) is 0 Å². The van der Waals surface area contributed by atoms with E-state index in [-0.39, 0.29) is 0 Å². The quantitative estimate of drug-likeness (QED) is 0.490. The molecular weight excluding hydrogens is 291 g/mol. The number of halogens is 1. The van der Waals surface area contributed by atoms with Crippen molar-refractivity contribution in [1.29, 1.82) is 0 Å². The molecule has 0 bridgehead atoms. The van der Waals surface area contributed by atoms with Crippen molar-refractivity contribution in [2.24, 2.45) is 0 Å². The average Bonchev–Trinajstić information content (AvgIpc) is 2.05. The van der Waals surface area contributed by atoms with Crippen LogP contribution >= 0.6 is 22.6 Å². The average molecular weight is 299 g/mol. The van der Waals surface area contributed by atoms with Crippen molar-refractivity contribution in [2.75, 3.05) is 0 Å². The van der Waals surface area contributed by atoms with Gasteiger partial charge >= 0.3 is 0 Å². The summed E-state index contributed by atoms with van der Waals surface area (Å²) in [5.74, 6) is 0. The van der Waals surface area contributed by atoms with Crippen molar-refractivity contribution in [3.63, 3.8) is 0 Å². The fraction of sp³-hybridized carbons (Fsp3) is 0.143. The molecule has 0 aliphatic rings. The maximum Gasteiger partial charge on any atom is 0.0814 e. The maximum atomic E-state index is 8.56. The van der Waals surface area contributed by atoms with Crippen molar-refractivity contribution >= 4 is 34.0 Å². The van der Waals surface area contributed by atoms with Crippen LogP contribution in [0.15, 0.2) is 30.3 Å².